The Kier molecular flexibility index (Phi) is 5.76. The van der Waals surface area contributed by atoms with Crippen LogP contribution in [0, 0.1) is 17.5 Å². The van der Waals surface area contributed by atoms with Crippen LogP contribution in [0.15, 0.2) is 66.7 Å². The van der Waals surface area contributed by atoms with Gasteiger partial charge in [-0.25, -0.2) is 13.2 Å². The summed E-state index contributed by atoms with van der Waals surface area (Å²) in [6.07, 6.45) is 0.641. The fourth-order valence-corrected chi connectivity index (χ4v) is 2.64. The van der Waals surface area contributed by atoms with E-state index in [1.54, 1.807) is 12.1 Å². The molecular weight excluding hydrogens is 353 g/mol. The number of carbonyl (C=O) groups excluding carboxylic acids is 1. The Bertz CT molecular complexity index is 945. The van der Waals surface area contributed by atoms with Crippen LogP contribution >= 0.6 is 0 Å². The molecule has 0 aromatic heterocycles. The molecule has 0 aliphatic rings. The second-order valence-electron chi connectivity index (χ2n) is 5.94. The van der Waals surface area contributed by atoms with Crippen LogP contribution in [0.1, 0.15) is 11.1 Å². The van der Waals surface area contributed by atoms with Gasteiger partial charge >= 0.3 is 0 Å². The number of amides is 1. The lowest BCUT2D eigenvalue weighted by Gasteiger charge is -2.12. The van der Waals surface area contributed by atoms with Gasteiger partial charge in [0.2, 0.25) is 5.91 Å². The van der Waals surface area contributed by atoms with Crippen molar-refractivity contribution < 1.29 is 18.0 Å². The van der Waals surface area contributed by atoms with Crippen molar-refractivity contribution in [3.63, 3.8) is 0 Å². The zero-order chi connectivity index (χ0) is 19.2. The average Bonchev–Trinajstić information content (AvgIpc) is 2.68. The van der Waals surface area contributed by atoms with Crippen LogP contribution in [0.25, 0.3) is 0 Å². The zero-order valence-corrected chi connectivity index (χ0v) is 14.3. The van der Waals surface area contributed by atoms with Crippen molar-refractivity contribution in [2.45, 2.75) is 6.42 Å². The van der Waals surface area contributed by atoms with Crippen molar-refractivity contribution in [3.05, 3.63) is 95.3 Å². The molecule has 1 amide bonds. The van der Waals surface area contributed by atoms with Gasteiger partial charge in [-0.2, -0.15) is 0 Å². The Morgan fingerprint density at radius 1 is 0.778 bits per heavy atom. The molecule has 3 nitrogen and oxygen atoms in total. The van der Waals surface area contributed by atoms with E-state index in [-0.39, 0.29) is 12.2 Å². The van der Waals surface area contributed by atoms with E-state index in [0.29, 0.717) is 12.1 Å². The molecule has 138 valence electrons. The molecule has 2 N–H and O–H groups in total. The van der Waals surface area contributed by atoms with Crippen molar-refractivity contribution in [1.82, 2.24) is 0 Å². The number of hydrogen-bond acceptors (Lipinski definition) is 2. The van der Waals surface area contributed by atoms with Gasteiger partial charge in [0.1, 0.15) is 0 Å². The van der Waals surface area contributed by atoms with Gasteiger partial charge < -0.3 is 10.6 Å². The van der Waals surface area contributed by atoms with Gasteiger partial charge in [0.15, 0.2) is 17.5 Å². The Morgan fingerprint density at radius 2 is 1.48 bits per heavy atom. The number of carbonyl (C=O) groups is 1. The lowest BCUT2D eigenvalue weighted by Crippen LogP contribution is -2.23. The molecule has 0 radical (unpaired) electrons. The highest BCUT2D eigenvalue weighted by atomic mass is 19.2. The maximum atomic E-state index is 13.6. The molecule has 0 aliphatic heterocycles. The largest absolute Gasteiger partial charge is 0.374 e. The van der Waals surface area contributed by atoms with E-state index in [2.05, 4.69) is 10.6 Å². The second-order valence-corrected chi connectivity index (χ2v) is 5.94. The Hall–Kier alpha value is -3.28. The fraction of sp³-hybridized carbons (Fsp3) is 0.0952. The molecule has 6 heteroatoms. The summed E-state index contributed by atoms with van der Waals surface area (Å²) >= 11 is 0. The topological polar surface area (TPSA) is 41.1 Å². The van der Waals surface area contributed by atoms with E-state index in [1.165, 1.54) is 0 Å². The first-order valence-corrected chi connectivity index (χ1v) is 8.33. The number of rotatable bonds is 6. The maximum absolute atomic E-state index is 13.6. The van der Waals surface area contributed by atoms with E-state index >= 15 is 0 Å². The van der Waals surface area contributed by atoms with Crippen molar-refractivity contribution in [2.24, 2.45) is 0 Å². The van der Waals surface area contributed by atoms with Gasteiger partial charge in [0.25, 0.3) is 0 Å². The highest BCUT2D eigenvalue weighted by molar-refractivity contribution is 5.94. The number of nitrogens with one attached hydrogen (secondary N) is 2. The Labute approximate surface area is 154 Å². The first-order valence-electron chi connectivity index (χ1n) is 8.33. The van der Waals surface area contributed by atoms with Crippen molar-refractivity contribution in [3.8, 4) is 0 Å². The number of halogens is 3. The van der Waals surface area contributed by atoms with Crippen LogP contribution in [0.3, 0.4) is 0 Å². The van der Waals surface area contributed by atoms with Gasteiger partial charge in [-0.05, 0) is 35.7 Å². The summed E-state index contributed by atoms with van der Waals surface area (Å²) in [4.78, 5) is 12.2. The molecule has 0 fully saturated rings. The summed E-state index contributed by atoms with van der Waals surface area (Å²) in [6, 6.07) is 19.0. The maximum Gasteiger partial charge on any atom is 0.243 e. The lowest BCUT2D eigenvalue weighted by atomic mass is 10.0. The minimum atomic E-state index is -1.58. The fourth-order valence-electron chi connectivity index (χ4n) is 2.64. The van der Waals surface area contributed by atoms with Crippen LogP contribution in [0.5, 0.6) is 0 Å². The SMILES string of the molecule is O=C(CNc1ccc(F)c(F)c1F)Nc1ccccc1Cc1ccccc1. The third kappa shape index (κ3) is 4.67. The van der Waals surface area contributed by atoms with Gasteiger partial charge in [0, 0.05) is 5.69 Å². The molecule has 0 heterocycles. The summed E-state index contributed by atoms with van der Waals surface area (Å²) in [5, 5.41) is 5.23. The van der Waals surface area contributed by atoms with E-state index in [4.69, 9.17) is 0 Å². The van der Waals surface area contributed by atoms with E-state index in [0.717, 1.165) is 23.3 Å². The highest BCUT2D eigenvalue weighted by Crippen LogP contribution is 2.21. The predicted molar refractivity (Wildman–Crippen MR) is 99.1 cm³/mol. The molecule has 0 saturated carbocycles. The number of hydrogen-bond donors (Lipinski definition) is 2. The first-order chi connectivity index (χ1) is 13.0. The van der Waals surface area contributed by atoms with Crippen LogP contribution < -0.4 is 10.6 Å². The summed E-state index contributed by atoms with van der Waals surface area (Å²) in [7, 11) is 0. The normalized spacial score (nSPS) is 10.5. The van der Waals surface area contributed by atoms with Crippen molar-refractivity contribution >= 4 is 17.3 Å². The molecule has 0 aliphatic carbocycles. The molecule has 0 atom stereocenters. The third-order valence-corrected chi connectivity index (χ3v) is 4.00. The van der Waals surface area contributed by atoms with E-state index in [9.17, 15) is 18.0 Å². The van der Waals surface area contributed by atoms with Crippen LogP contribution in [0.2, 0.25) is 0 Å². The molecular formula is C21H17F3N2O. The second kappa shape index (κ2) is 8.40. The van der Waals surface area contributed by atoms with Crippen molar-refractivity contribution in [2.75, 3.05) is 17.2 Å². The van der Waals surface area contributed by atoms with Gasteiger partial charge in [-0.1, -0.05) is 48.5 Å². The number of anilines is 2. The van der Waals surface area contributed by atoms with Gasteiger partial charge in [0.05, 0.1) is 12.2 Å². The van der Waals surface area contributed by atoms with Gasteiger partial charge in [-0.3, -0.25) is 4.79 Å². The Balaban J connectivity index is 1.66. The molecule has 3 aromatic rings. The third-order valence-electron chi connectivity index (χ3n) is 4.00. The average molecular weight is 370 g/mol. The molecule has 3 aromatic carbocycles. The molecule has 3 rings (SSSR count). The summed E-state index contributed by atoms with van der Waals surface area (Å²) in [5.41, 5.74) is 2.39. The number of para-hydroxylation sites is 1. The summed E-state index contributed by atoms with van der Waals surface area (Å²) in [6.45, 7) is -0.290. The standard InChI is InChI=1S/C21H17F3N2O/c22-16-10-11-18(21(24)20(16)23)25-13-19(27)26-17-9-5-4-8-15(17)12-14-6-2-1-3-7-14/h1-11,25H,12-13H2,(H,26,27). The first kappa shape index (κ1) is 18.5. The number of benzene rings is 3. The van der Waals surface area contributed by atoms with Gasteiger partial charge in [-0.15, -0.1) is 0 Å². The molecule has 0 spiro atoms. The minimum absolute atomic E-state index is 0.276. The van der Waals surface area contributed by atoms with Crippen molar-refractivity contribution in [1.29, 1.82) is 0 Å². The van der Waals surface area contributed by atoms with E-state index in [1.807, 2.05) is 42.5 Å². The highest BCUT2D eigenvalue weighted by Gasteiger charge is 2.14. The molecule has 0 unspecified atom stereocenters. The van der Waals surface area contributed by atoms with Crippen LogP contribution in [-0.4, -0.2) is 12.5 Å². The smallest absolute Gasteiger partial charge is 0.243 e. The monoisotopic (exact) mass is 370 g/mol. The van der Waals surface area contributed by atoms with E-state index < -0.39 is 23.4 Å². The quantitative estimate of drug-likeness (QED) is 0.615. The lowest BCUT2D eigenvalue weighted by molar-refractivity contribution is -0.114. The Morgan fingerprint density at radius 3 is 2.26 bits per heavy atom. The molecule has 0 bridgehead atoms. The minimum Gasteiger partial charge on any atom is -0.374 e. The van der Waals surface area contributed by atoms with Crippen LogP contribution in [0.4, 0.5) is 24.5 Å². The summed E-state index contributed by atoms with van der Waals surface area (Å²) in [5.74, 6) is -4.64. The predicted octanol–water partition coefficient (Wildman–Crippen LogP) is 4.75. The summed E-state index contributed by atoms with van der Waals surface area (Å²) < 4.78 is 39.8. The zero-order valence-electron chi connectivity index (χ0n) is 14.3. The molecule has 0 saturated heterocycles. The van der Waals surface area contributed by atoms with Crippen LogP contribution in [-0.2, 0) is 11.2 Å². The molecule has 27 heavy (non-hydrogen) atoms.